The van der Waals surface area contributed by atoms with Crippen LogP contribution in [0.5, 0.6) is 11.5 Å². The van der Waals surface area contributed by atoms with Crippen LogP contribution < -0.4 is 10.1 Å². The van der Waals surface area contributed by atoms with E-state index in [0.29, 0.717) is 36.2 Å². The van der Waals surface area contributed by atoms with Crippen LogP contribution in [0.1, 0.15) is 36.7 Å². The number of phenolic OH excluding ortho intramolecular Hbond substituents is 1. The largest absolute Gasteiger partial charge is 0.508 e. The summed E-state index contributed by atoms with van der Waals surface area (Å²) in [6.07, 6.45) is 0.317. The first kappa shape index (κ1) is 22.3. The van der Waals surface area contributed by atoms with Crippen LogP contribution in [0.25, 0.3) is 10.9 Å². The van der Waals surface area contributed by atoms with E-state index in [1.54, 1.807) is 35.2 Å². The van der Waals surface area contributed by atoms with Gasteiger partial charge in [0.1, 0.15) is 17.1 Å². The number of phenols is 1. The standard InChI is InChI=1S/C26H29FN4O3/c1-5-28-11-12-30-15(2)31-24(16-7-6-8-17(32)13-16)23-18(14-26(31,3)25(30)33)21-19(29-23)9-10-20(34-4)22(21)27/h6-10,13,24,28-29,32H,2,5,11-12,14H2,1,3-4H3/t24-,26+/m1/s1. The minimum atomic E-state index is -0.961. The number of aromatic nitrogens is 1. The number of halogens is 1. The highest BCUT2D eigenvalue weighted by atomic mass is 19.1. The van der Waals surface area contributed by atoms with Crippen molar-refractivity contribution in [1.29, 1.82) is 0 Å². The molecule has 1 fully saturated rings. The Hall–Kier alpha value is -3.52. The van der Waals surface area contributed by atoms with E-state index in [2.05, 4.69) is 16.9 Å². The number of benzene rings is 2. The van der Waals surface area contributed by atoms with Gasteiger partial charge in [-0.05, 0) is 48.9 Å². The number of amides is 1. The Morgan fingerprint density at radius 3 is 2.85 bits per heavy atom. The molecular weight excluding hydrogens is 435 g/mol. The highest BCUT2D eigenvalue weighted by Gasteiger charge is 2.57. The molecule has 0 unspecified atom stereocenters. The van der Waals surface area contributed by atoms with Crippen LogP contribution >= 0.6 is 0 Å². The fourth-order valence-corrected chi connectivity index (χ4v) is 5.49. The van der Waals surface area contributed by atoms with Crippen molar-refractivity contribution >= 4 is 16.8 Å². The average Bonchev–Trinajstić information content (AvgIpc) is 3.26. The van der Waals surface area contributed by atoms with Gasteiger partial charge >= 0.3 is 0 Å². The zero-order valence-corrected chi connectivity index (χ0v) is 19.6. The fraction of sp³-hybridized carbons (Fsp3) is 0.346. The number of carbonyl (C=O) groups is 1. The predicted molar refractivity (Wildman–Crippen MR) is 128 cm³/mol. The number of H-pyrrole nitrogens is 1. The van der Waals surface area contributed by atoms with Gasteiger partial charge in [0.05, 0.1) is 13.2 Å². The molecule has 0 saturated carbocycles. The number of hydrogen-bond donors (Lipinski definition) is 3. The van der Waals surface area contributed by atoms with Gasteiger partial charge in [-0.25, -0.2) is 4.39 Å². The number of likely N-dealkylation sites (N-methyl/N-ethyl adjacent to an activating group) is 1. The van der Waals surface area contributed by atoms with Crippen molar-refractivity contribution in [3.63, 3.8) is 0 Å². The average molecular weight is 465 g/mol. The quantitative estimate of drug-likeness (QED) is 0.486. The van der Waals surface area contributed by atoms with Gasteiger partial charge in [0.15, 0.2) is 11.6 Å². The van der Waals surface area contributed by atoms with E-state index in [0.717, 1.165) is 23.4 Å². The third-order valence-electron chi connectivity index (χ3n) is 7.05. The Kier molecular flexibility index (Phi) is 5.28. The number of aromatic amines is 1. The molecule has 178 valence electrons. The van der Waals surface area contributed by atoms with Crippen molar-refractivity contribution in [2.75, 3.05) is 26.7 Å². The number of hydrogen-bond acceptors (Lipinski definition) is 5. The van der Waals surface area contributed by atoms with Crippen molar-refractivity contribution in [2.24, 2.45) is 0 Å². The molecule has 1 amide bonds. The molecule has 1 saturated heterocycles. The van der Waals surface area contributed by atoms with E-state index >= 15 is 4.39 Å². The molecule has 0 radical (unpaired) electrons. The second kappa shape index (κ2) is 8.06. The van der Waals surface area contributed by atoms with E-state index < -0.39 is 17.4 Å². The number of nitrogens with one attached hydrogen (secondary N) is 2. The number of carbonyl (C=O) groups excluding carboxylic acids is 1. The lowest BCUT2D eigenvalue weighted by atomic mass is 9.81. The molecule has 3 heterocycles. The van der Waals surface area contributed by atoms with Gasteiger partial charge in [0, 0.05) is 36.1 Å². The second-order valence-electron chi connectivity index (χ2n) is 9.07. The zero-order valence-electron chi connectivity index (χ0n) is 19.6. The summed E-state index contributed by atoms with van der Waals surface area (Å²) in [6.45, 7) is 10.1. The summed E-state index contributed by atoms with van der Waals surface area (Å²) < 4.78 is 20.7. The highest BCUT2D eigenvalue weighted by Crippen LogP contribution is 2.51. The summed E-state index contributed by atoms with van der Waals surface area (Å²) in [7, 11) is 1.44. The summed E-state index contributed by atoms with van der Waals surface area (Å²) >= 11 is 0. The van der Waals surface area contributed by atoms with Crippen LogP contribution in [-0.4, -0.2) is 58.1 Å². The fourth-order valence-electron chi connectivity index (χ4n) is 5.49. The first-order valence-electron chi connectivity index (χ1n) is 11.5. The number of nitrogens with zero attached hydrogens (tertiary/aromatic N) is 2. The molecule has 3 aromatic rings. The summed E-state index contributed by atoms with van der Waals surface area (Å²) in [5.41, 5.74) is 1.99. The zero-order chi connectivity index (χ0) is 24.2. The maximum absolute atomic E-state index is 15.5. The number of aromatic hydroxyl groups is 1. The molecule has 0 spiro atoms. The van der Waals surface area contributed by atoms with E-state index in [1.165, 1.54) is 7.11 Å². The van der Waals surface area contributed by atoms with E-state index in [-0.39, 0.29) is 17.4 Å². The second-order valence-corrected chi connectivity index (χ2v) is 9.07. The van der Waals surface area contributed by atoms with Gasteiger partial charge in [-0.1, -0.05) is 25.6 Å². The third kappa shape index (κ3) is 3.09. The number of methoxy groups -OCH3 is 1. The van der Waals surface area contributed by atoms with Crippen molar-refractivity contribution in [3.05, 3.63) is 71.4 Å². The van der Waals surface area contributed by atoms with E-state index in [9.17, 15) is 9.90 Å². The minimum Gasteiger partial charge on any atom is -0.508 e. The first-order chi connectivity index (χ1) is 16.3. The van der Waals surface area contributed by atoms with Crippen molar-refractivity contribution in [2.45, 2.75) is 31.8 Å². The highest BCUT2D eigenvalue weighted by molar-refractivity contribution is 5.94. The normalized spacial score (nSPS) is 21.8. The topological polar surface area (TPSA) is 80.8 Å². The van der Waals surface area contributed by atoms with Crippen LogP contribution in [0.3, 0.4) is 0 Å². The molecule has 1 aromatic heterocycles. The van der Waals surface area contributed by atoms with E-state index in [4.69, 9.17) is 4.74 Å². The molecule has 2 aliphatic rings. The van der Waals surface area contributed by atoms with Gasteiger partial charge in [-0.3, -0.25) is 9.69 Å². The summed E-state index contributed by atoms with van der Waals surface area (Å²) in [6, 6.07) is 9.89. The van der Waals surface area contributed by atoms with Gasteiger partial charge in [0.25, 0.3) is 5.91 Å². The van der Waals surface area contributed by atoms with Gasteiger partial charge < -0.3 is 25.0 Å². The number of rotatable bonds is 6. The molecule has 5 rings (SSSR count). The lowest BCUT2D eigenvalue weighted by molar-refractivity contribution is -0.133. The van der Waals surface area contributed by atoms with Crippen LogP contribution in [0.4, 0.5) is 4.39 Å². The predicted octanol–water partition coefficient (Wildman–Crippen LogP) is 3.65. The van der Waals surface area contributed by atoms with Gasteiger partial charge in [-0.2, -0.15) is 0 Å². The smallest absolute Gasteiger partial charge is 0.254 e. The summed E-state index contributed by atoms with van der Waals surface area (Å²) in [5, 5.41) is 13.9. The van der Waals surface area contributed by atoms with Gasteiger partial charge in [-0.15, -0.1) is 0 Å². The summed E-state index contributed by atoms with van der Waals surface area (Å²) in [4.78, 5) is 20.9. The molecular formula is C26H29FN4O3. The first-order valence-corrected chi connectivity index (χ1v) is 11.5. The summed E-state index contributed by atoms with van der Waals surface area (Å²) in [5.74, 6) is 0.364. The van der Waals surface area contributed by atoms with Crippen LogP contribution in [0.15, 0.2) is 48.8 Å². The van der Waals surface area contributed by atoms with Crippen LogP contribution in [0, 0.1) is 5.82 Å². The Labute approximate surface area is 197 Å². The van der Waals surface area contributed by atoms with Crippen molar-refractivity contribution < 1.29 is 19.0 Å². The molecule has 2 atom stereocenters. The van der Waals surface area contributed by atoms with Crippen molar-refractivity contribution in [1.82, 2.24) is 20.1 Å². The lowest BCUT2D eigenvalue weighted by Gasteiger charge is -2.44. The molecule has 2 aliphatic heterocycles. The Bertz CT molecular complexity index is 1300. The molecule has 8 heteroatoms. The third-order valence-corrected chi connectivity index (χ3v) is 7.05. The molecule has 0 aliphatic carbocycles. The van der Waals surface area contributed by atoms with E-state index in [1.807, 2.05) is 24.8 Å². The maximum atomic E-state index is 15.5. The van der Waals surface area contributed by atoms with Crippen LogP contribution in [-0.2, 0) is 11.2 Å². The lowest BCUT2D eigenvalue weighted by Crippen LogP contribution is -2.52. The maximum Gasteiger partial charge on any atom is 0.254 e. The molecule has 0 bridgehead atoms. The SMILES string of the molecule is C=C1N(CCNCC)C(=O)[C@]2(C)Cc3c([nH]c4ccc(OC)c(F)c34)[C@@H](c3cccc(O)c3)N12. The number of fused-ring (bicyclic) bond motifs is 4. The Morgan fingerprint density at radius 1 is 1.35 bits per heavy atom. The molecule has 7 nitrogen and oxygen atoms in total. The van der Waals surface area contributed by atoms with Crippen molar-refractivity contribution in [3.8, 4) is 11.5 Å². The Morgan fingerprint density at radius 2 is 2.15 bits per heavy atom. The molecule has 2 aromatic carbocycles. The minimum absolute atomic E-state index is 0.0659. The van der Waals surface area contributed by atoms with Gasteiger partial charge in [0.2, 0.25) is 0 Å². The van der Waals surface area contributed by atoms with Crippen LogP contribution in [0.2, 0.25) is 0 Å². The molecule has 34 heavy (non-hydrogen) atoms. The Balaban J connectivity index is 1.73. The number of ether oxygens (including phenoxy) is 1. The monoisotopic (exact) mass is 464 g/mol. The molecule has 3 N–H and O–H groups in total.